The van der Waals surface area contributed by atoms with Gasteiger partial charge in [0.15, 0.2) is 5.65 Å². The van der Waals surface area contributed by atoms with Gasteiger partial charge in [-0.3, -0.25) is 14.3 Å². The Bertz CT molecular complexity index is 858. The maximum atomic E-state index is 11.7. The van der Waals surface area contributed by atoms with Crippen LogP contribution in [-0.4, -0.2) is 19.5 Å². The van der Waals surface area contributed by atoms with Crippen molar-refractivity contribution in [1.29, 1.82) is 0 Å². The highest BCUT2D eigenvalue weighted by Gasteiger charge is 2.10. The Labute approximate surface area is 114 Å². The monoisotopic (exact) mass is 270 g/mol. The number of fused-ring (bicyclic) bond motifs is 1. The number of hydrogen-bond acceptors (Lipinski definition) is 3. The van der Waals surface area contributed by atoms with E-state index in [9.17, 15) is 9.59 Å². The number of aromatic amines is 2. The highest BCUT2D eigenvalue weighted by atomic mass is 16.2. The fourth-order valence-corrected chi connectivity index (χ4v) is 2.18. The van der Waals surface area contributed by atoms with Gasteiger partial charge in [-0.05, 0) is 12.0 Å². The zero-order chi connectivity index (χ0) is 14.1. The molecule has 0 radical (unpaired) electrons. The van der Waals surface area contributed by atoms with E-state index in [0.717, 1.165) is 6.42 Å². The van der Waals surface area contributed by atoms with Crippen molar-refractivity contribution < 1.29 is 0 Å². The van der Waals surface area contributed by atoms with Crippen molar-refractivity contribution in [2.75, 3.05) is 0 Å². The maximum Gasteiger partial charge on any atom is 0.329 e. The van der Waals surface area contributed by atoms with E-state index < -0.39 is 11.2 Å². The van der Waals surface area contributed by atoms with Crippen LogP contribution in [-0.2, 0) is 19.9 Å². The lowest BCUT2D eigenvalue weighted by atomic mass is 10.1. The molecule has 1 aromatic carbocycles. The van der Waals surface area contributed by atoms with Gasteiger partial charge >= 0.3 is 5.69 Å². The average molecular weight is 270 g/mol. The molecule has 102 valence electrons. The maximum absolute atomic E-state index is 11.7. The standard InChI is InChI=1S/C14H14N4O2/c1-18-12-11(13(19)17-14(18)20)15-10(16-12)8-7-9-5-3-2-4-6-9/h2-6H,7-8H2,1H3,(H,15,16)(H,17,19,20). The van der Waals surface area contributed by atoms with Gasteiger partial charge in [0, 0.05) is 13.5 Å². The van der Waals surface area contributed by atoms with Gasteiger partial charge < -0.3 is 4.98 Å². The minimum Gasteiger partial charge on any atom is -0.336 e. The third-order valence-corrected chi connectivity index (χ3v) is 3.30. The molecule has 0 saturated carbocycles. The molecular weight excluding hydrogens is 256 g/mol. The van der Waals surface area contributed by atoms with Crippen molar-refractivity contribution in [2.24, 2.45) is 7.05 Å². The van der Waals surface area contributed by atoms with E-state index in [2.05, 4.69) is 15.0 Å². The lowest BCUT2D eigenvalue weighted by Gasteiger charge is -1.97. The molecule has 0 atom stereocenters. The summed E-state index contributed by atoms with van der Waals surface area (Å²) in [5, 5.41) is 0. The minimum atomic E-state index is -0.455. The van der Waals surface area contributed by atoms with Gasteiger partial charge in [0.1, 0.15) is 11.3 Å². The molecule has 20 heavy (non-hydrogen) atoms. The van der Waals surface area contributed by atoms with Crippen LogP contribution >= 0.6 is 0 Å². The first-order valence-electron chi connectivity index (χ1n) is 6.37. The third kappa shape index (κ3) is 2.16. The van der Waals surface area contributed by atoms with E-state index in [-0.39, 0.29) is 0 Å². The van der Waals surface area contributed by atoms with Crippen molar-refractivity contribution in [3.05, 3.63) is 62.6 Å². The lowest BCUT2D eigenvalue weighted by molar-refractivity contribution is 0.827. The van der Waals surface area contributed by atoms with Crippen molar-refractivity contribution in [2.45, 2.75) is 12.8 Å². The molecule has 0 fully saturated rings. The summed E-state index contributed by atoms with van der Waals surface area (Å²) in [6.07, 6.45) is 1.51. The van der Waals surface area contributed by atoms with Gasteiger partial charge in [-0.2, -0.15) is 0 Å². The topological polar surface area (TPSA) is 83.5 Å². The SMILES string of the molecule is Cn1c(=O)[nH]c(=O)c2[nH]c(CCc3ccccc3)nc21. The Balaban J connectivity index is 1.94. The molecule has 0 unspecified atom stereocenters. The first-order valence-corrected chi connectivity index (χ1v) is 6.37. The molecular formula is C14H14N4O2. The summed E-state index contributed by atoms with van der Waals surface area (Å²) in [6.45, 7) is 0. The van der Waals surface area contributed by atoms with Crippen molar-refractivity contribution in [1.82, 2.24) is 19.5 Å². The number of aryl methyl sites for hydroxylation is 3. The third-order valence-electron chi connectivity index (χ3n) is 3.30. The van der Waals surface area contributed by atoms with Crippen LogP contribution in [0.25, 0.3) is 11.2 Å². The zero-order valence-electron chi connectivity index (χ0n) is 11.0. The highest BCUT2D eigenvalue weighted by Crippen LogP contribution is 2.08. The van der Waals surface area contributed by atoms with Crippen LogP contribution in [0.5, 0.6) is 0 Å². The predicted molar refractivity (Wildman–Crippen MR) is 75.8 cm³/mol. The molecule has 0 aliphatic heterocycles. The Morgan fingerprint density at radius 3 is 2.60 bits per heavy atom. The molecule has 0 amide bonds. The first-order chi connectivity index (χ1) is 9.65. The second-order valence-electron chi connectivity index (χ2n) is 4.69. The second-order valence-corrected chi connectivity index (χ2v) is 4.69. The van der Waals surface area contributed by atoms with Crippen LogP contribution < -0.4 is 11.2 Å². The molecule has 0 aliphatic rings. The first kappa shape index (κ1) is 12.4. The van der Waals surface area contributed by atoms with Crippen LogP contribution in [0.2, 0.25) is 0 Å². The van der Waals surface area contributed by atoms with Crippen LogP contribution in [0.3, 0.4) is 0 Å². The number of nitrogens with zero attached hydrogens (tertiary/aromatic N) is 2. The average Bonchev–Trinajstić information content (AvgIpc) is 2.89. The minimum absolute atomic E-state index is 0.343. The van der Waals surface area contributed by atoms with E-state index in [1.165, 1.54) is 10.1 Å². The summed E-state index contributed by atoms with van der Waals surface area (Å²) in [5.41, 5.74) is 1.05. The molecule has 0 saturated heterocycles. The van der Waals surface area contributed by atoms with E-state index in [0.29, 0.717) is 23.4 Å². The summed E-state index contributed by atoms with van der Waals surface area (Å²) in [6, 6.07) is 10.0. The number of imidazole rings is 1. The fraction of sp³-hybridized carbons (Fsp3) is 0.214. The van der Waals surface area contributed by atoms with E-state index in [1.54, 1.807) is 7.05 Å². The highest BCUT2D eigenvalue weighted by molar-refractivity contribution is 5.69. The lowest BCUT2D eigenvalue weighted by Crippen LogP contribution is -2.28. The normalized spacial score (nSPS) is 11.1. The molecule has 3 rings (SSSR count). The molecule has 0 bridgehead atoms. The van der Waals surface area contributed by atoms with Gasteiger partial charge in [0.2, 0.25) is 0 Å². The second kappa shape index (κ2) is 4.80. The predicted octanol–water partition coefficient (Wildman–Crippen LogP) is 0.735. The Kier molecular flexibility index (Phi) is 2.98. The zero-order valence-corrected chi connectivity index (χ0v) is 11.0. The van der Waals surface area contributed by atoms with E-state index in [1.807, 2.05) is 30.3 Å². The van der Waals surface area contributed by atoms with Crippen molar-refractivity contribution >= 4 is 11.2 Å². The number of aromatic nitrogens is 4. The Morgan fingerprint density at radius 2 is 1.85 bits per heavy atom. The van der Waals surface area contributed by atoms with Gasteiger partial charge in [0.25, 0.3) is 5.56 Å². The smallest absolute Gasteiger partial charge is 0.329 e. The largest absolute Gasteiger partial charge is 0.336 e. The number of hydrogen-bond donors (Lipinski definition) is 2. The van der Waals surface area contributed by atoms with Gasteiger partial charge in [0.05, 0.1) is 0 Å². The molecule has 0 aliphatic carbocycles. The number of benzene rings is 1. The van der Waals surface area contributed by atoms with Gasteiger partial charge in [-0.15, -0.1) is 0 Å². The van der Waals surface area contributed by atoms with Crippen LogP contribution in [0.15, 0.2) is 39.9 Å². The van der Waals surface area contributed by atoms with Gasteiger partial charge in [-0.25, -0.2) is 9.78 Å². The molecule has 2 heterocycles. The summed E-state index contributed by atoms with van der Waals surface area (Å²) >= 11 is 0. The van der Waals surface area contributed by atoms with Crippen LogP contribution in [0.1, 0.15) is 11.4 Å². The molecule has 2 N–H and O–H groups in total. The number of H-pyrrole nitrogens is 2. The number of rotatable bonds is 3. The Hall–Kier alpha value is -2.63. The van der Waals surface area contributed by atoms with Crippen LogP contribution in [0, 0.1) is 0 Å². The summed E-state index contributed by atoms with van der Waals surface area (Å²) < 4.78 is 1.33. The van der Waals surface area contributed by atoms with Crippen LogP contribution in [0.4, 0.5) is 0 Å². The number of nitrogens with one attached hydrogen (secondary N) is 2. The fourth-order valence-electron chi connectivity index (χ4n) is 2.18. The summed E-state index contributed by atoms with van der Waals surface area (Å²) in [4.78, 5) is 32.8. The van der Waals surface area contributed by atoms with Crippen molar-refractivity contribution in [3.63, 3.8) is 0 Å². The molecule has 6 heteroatoms. The quantitative estimate of drug-likeness (QED) is 0.736. The van der Waals surface area contributed by atoms with E-state index in [4.69, 9.17) is 0 Å². The van der Waals surface area contributed by atoms with Crippen molar-refractivity contribution in [3.8, 4) is 0 Å². The molecule has 6 nitrogen and oxygen atoms in total. The van der Waals surface area contributed by atoms with E-state index >= 15 is 0 Å². The molecule has 2 aromatic heterocycles. The molecule has 3 aromatic rings. The summed E-state index contributed by atoms with van der Waals surface area (Å²) in [7, 11) is 1.59. The molecule has 0 spiro atoms. The summed E-state index contributed by atoms with van der Waals surface area (Å²) in [5.74, 6) is 0.704. The van der Waals surface area contributed by atoms with Gasteiger partial charge in [-0.1, -0.05) is 30.3 Å². The Morgan fingerprint density at radius 1 is 1.10 bits per heavy atom.